The Balaban J connectivity index is 1.28. The van der Waals surface area contributed by atoms with Gasteiger partial charge in [-0.05, 0) is 54.4 Å². The van der Waals surface area contributed by atoms with Crippen LogP contribution in [-0.2, 0) is 11.4 Å². The van der Waals surface area contributed by atoms with Crippen LogP contribution < -0.4 is 19.6 Å². The van der Waals surface area contributed by atoms with Gasteiger partial charge in [0.1, 0.15) is 12.4 Å². The van der Waals surface area contributed by atoms with Crippen molar-refractivity contribution in [3.05, 3.63) is 89.0 Å². The van der Waals surface area contributed by atoms with E-state index in [9.17, 15) is 10.1 Å². The molecule has 0 saturated carbocycles. The van der Waals surface area contributed by atoms with Gasteiger partial charge in [0.2, 0.25) is 0 Å². The molecule has 0 aromatic heterocycles. The van der Waals surface area contributed by atoms with Crippen molar-refractivity contribution in [2.24, 2.45) is 5.10 Å². The second-order valence-electron chi connectivity index (χ2n) is 7.92. The molecule has 37 heavy (non-hydrogen) atoms. The highest BCUT2D eigenvalue weighted by molar-refractivity contribution is 8.19. The molecule has 1 heterocycles. The monoisotopic (exact) mass is 533 g/mol. The van der Waals surface area contributed by atoms with Crippen LogP contribution in [0.2, 0.25) is 0 Å². The molecule has 9 heteroatoms. The minimum absolute atomic E-state index is 0.134. The van der Waals surface area contributed by atoms with Gasteiger partial charge in [-0.1, -0.05) is 30.3 Å². The molecule has 1 N–H and O–H groups in total. The van der Waals surface area contributed by atoms with E-state index in [0.29, 0.717) is 34.0 Å². The minimum atomic E-state index is -0.358. The number of nitriles is 1. The van der Waals surface area contributed by atoms with Gasteiger partial charge >= 0.3 is 0 Å². The molecule has 1 aliphatic rings. The number of benzene rings is 3. The van der Waals surface area contributed by atoms with E-state index in [-0.39, 0.29) is 19.1 Å². The SMILES string of the molecule is CCOc1cc(/C=N\NC(=O)COc2ccc(C3SCCS3)cc2)ccc1OCc1ccccc1C#N. The van der Waals surface area contributed by atoms with Crippen LogP contribution >= 0.6 is 23.5 Å². The fourth-order valence-electron chi connectivity index (χ4n) is 3.54. The summed E-state index contributed by atoms with van der Waals surface area (Å²) in [7, 11) is 0. The molecule has 1 aliphatic heterocycles. The number of ether oxygens (including phenoxy) is 3. The molecular formula is C28H27N3O4S2. The molecule has 0 atom stereocenters. The molecule has 0 spiro atoms. The van der Waals surface area contributed by atoms with Gasteiger partial charge < -0.3 is 14.2 Å². The van der Waals surface area contributed by atoms with Gasteiger partial charge in [0.25, 0.3) is 5.91 Å². The molecule has 0 radical (unpaired) electrons. The summed E-state index contributed by atoms with van der Waals surface area (Å²) in [6.07, 6.45) is 1.53. The number of hydrazone groups is 1. The summed E-state index contributed by atoms with van der Waals surface area (Å²) >= 11 is 3.90. The Kier molecular flexibility index (Phi) is 9.74. The first kappa shape index (κ1) is 26.5. The molecule has 4 rings (SSSR count). The summed E-state index contributed by atoms with van der Waals surface area (Å²) in [5.41, 5.74) is 5.85. The lowest BCUT2D eigenvalue weighted by Crippen LogP contribution is -2.24. The first-order valence-electron chi connectivity index (χ1n) is 11.8. The summed E-state index contributed by atoms with van der Waals surface area (Å²) in [5, 5.41) is 13.3. The van der Waals surface area contributed by atoms with Crippen LogP contribution in [0.1, 0.15) is 33.8 Å². The van der Waals surface area contributed by atoms with Crippen molar-refractivity contribution in [1.82, 2.24) is 5.43 Å². The average molecular weight is 534 g/mol. The first-order valence-corrected chi connectivity index (χ1v) is 13.9. The third-order valence-corrected chi connectivity index (χ3v) is 8.44. The van der Waals surface area contributed by atoms with Crippen LogP contribution in [-0.4, -0.2) is 36.8 Å². The van der Waals surface area contributed by atoms with Crippen molar-refractivity contribution in [2.75, 3.05) is 24.7 Å². The highest BCUT2D eigenvalue weighted by Crippen LogP contribution is 2.45. The largest absolute Gasteiger partial charge is 0.490 e. The van der Waals surface area contributed by atoms with E-state index < -0.39 is 0 Å². The molecule has 1 amide bonds. The Morgan fingerprint density at radius 1 is 1.05 bits per heavy atom. The van der Waals surface area contributed by atoms with Crippen molar-refractivity contribution in [1.29, 1.82) is 5.26 Å². The number of nitrogens with zero attached hydrogens (tertiary/aromatic N) is 2. The summed E-state index contributed by atoms with van der Waals surface area (Å²) in [5.74, 6) is 3.75. The smallest absolute Gasteiger partial charge is 0.277 e. The molecule has 3 aromatic rings. The molecular weight excluding hydrogens is 506 g/mol. The number of carbonyl (C=O) groups is 1. The predicted octanol–water partition coefficient (Wildman–Crippen LogP) is 5.54. The van der Waals surface area contributed by atoms with Crippen molar-refractivity contribution in [3.63, 3.8) is 0 Å². The third-order valence-electron chi connectivity index (χ3n) is 5.34. The fraction of sp³-hybridized carbons (Fsp3) is 0.250. The van der Waals surface area contributed by atoms with E-state index >= 15 is 0 Å². The summed E-state index contributed by atoms with van der Waals surface area (Å²) in [6.45, 7) is 2.45. The molecule has 0 bridgehead atoms. The van der Waals surface area contributed by atoms with Crippen LogP contribution in [0.25, 0.3) is 0 Å². The summed E-state index contributed by atoms with van der Waals surface area (Å²) < 4.78 is 17.7. The zero-order valence-electron chi connectivity index (χ0n) is 20.4. The Labute approximate surface area is 225 Å². The minimum Gasteiger partial charge on any atom is -0.490 e. The lowest BCUT2D eigenvalue weighted by Gasteiger charge is -2.13. The third kappa shape index (κ3) is 7.68. The van der Waals surface area contributed by atoms with E-state index in [0.717, 1.165) is 11.1 Å². The van der Waals surface area contributed by atoms with E-state index in [1.165, 1.54) is 23.3 Å². The van der Waals surface area contributed by atoms with Crippen molar-refractivity contribution < 1.29 is 19.0 Å². The zero-order valence-corrected chi connectivity index (χ0v) is 22.0. The van der Waals surface area contributed by atoms with Crippen LogP contribution in [0.5, 0.6) is 17.2 Å². The Morgan fingerprint density at radius 2 is 1.84 bits per heavy atom. The highest BCUT2D eigenvalue weighted by Gasteiger charge is 2.18. The fourth-order valence-corrected chi connectivity index (χ4v) is 6.39. The number of hydrogen-bond donors (Lipinski definition) is 1. The van der Waals surface area contributed by atoms with Gasteiger partial charge in [-0.2, -0.15) is 10.4 Å². The van der Waals surface area contributed by atoms with Gasteiger partial charge in [0, 0.05) is 17.1 Å². The number of carbonyl (C=O) groups excluding carboxylic acids is 1. The molecule has 0 aliphatic carbocycles. The molecule has 1 fully saturated rings. The zero-order chi connectivity index (χ0) is 25.9. The number of nitrogens with one attached hydrogen (secondary N) is 1. The number of amides is 1. The standard InChI is InChI=1S/C28H27N3O4S2/c1-2-33-26-15-20(7-12-25(26)35-18-23-6-4-3-5-22(23)16-29)17-30-31-27(32)19-34-24-10-8-21(9-11-24)28-36-13-14-37-28/h3-12,15,17,28H,2,13-14,18-19H2,1H3,(H,31,32)/b30-17-. The van der Waals surface area contributed by atoms with E-state index in [4.69, 9.17) is 14.2 Å². The molecule has 1 saturated heterocycles. The van der Waals surface area contributed by atoms with Crippen molar-refractivity contribution in [2.45, 2.75) is 18.1 Å². The first-order chi connectivity index (χ1) is 18.2. The van der Waals surface area contributed by atoms with E-state index in [1.54, 1.807) is 18.2 Å². The van der Waals surface area contributed by atoms with Crippen LogP contribution in [0.4, 0.5) is 0 Å². The molecule has 0 unspecified atom stereocenters. The van der Waals surface area contributed by atoms with Gasteiger partial charge in [-0.25, -0.2) is 5.43 Å². The van der Waals surface area contributed by atoms with Crippen LogP contribution in [0, 0.1) is 11.3 Å². The average Bonchev–Trinajstić information content (AvgIpc) is 3.47. The van der Waals surface area contributed by atoms with E-state index in [2.05, 4.69) is 16.6 Å². The number of thioether (sulfide) groups is 2. The maximum Gasteiger partial charge on any atom is 0.277 e. The Bertz CT molecular complexity index is 1270. The summed E-state index contributed by atoms with van der Waals surface area (Å²) in [6, 6.07) is 22.7. The van der Waals surface area contributed by atoms with Gasteiger partial charge in [0.05, 0.1) is 29.0 Å². The maximum atomic E-state index is 12.2. The molecule has 3 aromatic carbocycles. The molecule has 7 nitrogen and oxygen atoms in total. The van der Waals surface area contributed by atoms with Gasteiger partial charge in [-0.3, -0.25) is 4.79 Å². The summed E-state index contributed by atoms with van der Waals surface area (Å²) in [4.78, 5) is 12.2. The maximum absolute atomic E-state index is 12.2. The Hall–Kier alpha value is -3.61. The van der Waals surface area contributed by atoms with Gasteiger partial charge in [0.15, 0.2) is 18.1 Å². The number of rotatable bonds is 11. The predicted molar refractivity (Wildman–Crippen MR) is 148 cm³/mol. The van der Waals surface area contributed by atoms with E-state index in [1.807, 2.05) is 79.0 Å². The quantitative estimate of drug-likeness (QED) is 0.255. The van der Waals surface area contributed by atoms with Crippen LogP contribution in [0.3, 0.4) is 0 Å². The van der Waals surface area contributed by atoms with Crippen LogP contribution in [0.15, 0.2) is 71.8 Å². The second kappa shape index (κ2) is 13.6. The lowest BCUT2D eigenvalue weighted by atomic mass is 10.1. The van der Waals surface area contributed by atoms with Crippen molar-refractivity contribution >= 4 is 35.6 Å². The normalized spacial score (nSPS) is 13.3. The van der Waals surface area contributed by atoms with Crippen molar-refractivity contribution in [3.8, 4) is 23.3 Å². The molecule has 190 valence electrons. The second-order valence-corrected chi connectivity index (χ2v) is 10.6. The lowest BCUT2D eigenvalue weighted by molar-refractivity contribution is -0.123. The number of hydrogen-bond acceptors (Lipinski definition) is 8. The van der Waals surface area contributed by atoms with Gasteiger partial charge in [-0.15, -0.1) is 23.5 Å². The topological polar surface area (TPSA) is 92.9 Å². The highest BCUT2D eigenvalue weighted by atomic mass is 32.2. The Morgan fingerprint density at radius 3 is 2.59 bits per heavy atom.